The van der Waals surface area contributed by atoms with Crippen molar-refractivity contribution >= 4 is 6.08 Å². The number of aliphatic hydroxyl groups excluding tert-OH is 1. The lowest BCUT2D eigenvalue weighted by Crippen LogP contribution is -2.19. The van der Waals surface area contributed by atoms with E-state index in [2.05, 4.69) is 78.6 Å². The molecule has 1 aliphatic rings. The normalized spacial score (nSPS) is 12.2. The van der Waals surface area contributed by atoms with Crippen molar-refractivity contribution in [3.05, 3.63) is 95.6 Å². The van der Waals surface area contributed by atoms with Gasteiger partial charge in [0.2, 0.25) is 6.08 Å². The maximum absolute atomic E-state index is 9.48. The summed E-state index contributed by atoms with van der Waals surface area (Å²) in [6, 6.07) is 27.2. The van der Waals surface area contributed by atoms with Crippen molar-refractivity contribution in [2.45, 2.75) is 80.8 Å². The van der Waals surface area contributed by atoms with Crippen LogP contribution in [0.15, 0.2) is 83.9 Å². The van der Waals surface area contributed by atoms with Gasteiger partial charge in [0.15, 0.2) is 0 Å². The van der Waals surface area contributed by atoms with Gasteiger partial charge in [-0.3, -0.25) is 0 Å². The van der Waals surface area contributed by atoms with Crippen LogP contribution in [0.25, 0.3) is 11.1 Å². The van der Waals surface area contributed by atoms with Crippen LogP contribution in [0.5, 0.6) is 0 Å². The molecule has 0 amide bonds. The highest BCUT2D eigenvalue weighted by Crippen LogP contribution is 2.23. The van der Waals surface area contributed by atoms with Crippen LogP contribution >= 0.6 is 0 Å². The molecule has 1 aliphatic carbocycles. The minimum absolute atomic E-state index is 0.112. The van der Waals surface area contributed by atoms with Gasteiger partial charge in [0.1, 0.15) is 0 Å². The zero-order valence-electron chi connectivity index (χ0n) is 23.2. The second-order valence-electron chi connectivity index (χ2n) is 6.91. The second kappa shape index (κ2) is 24.1. The molecule has 35 heavy (non-hydrogen) atoms. The van der Waals surface area contributed by atoms with Crippen LogP contribution in [0.1, 0.15) is 71.6 Å². The van der Waals surface area contributed by atoms with Crippen LogP contribution in [0.3, 0.4) is 0 Å². The van der Waals surface area contributed by atoms with Gasteiger partial charge in [-0.15, -0.1) is 0 Å². The van der Waals surface area contributed by atoms with E-state index in [0.29, 0.717) is 6.54 Å². The van der Waals surface area contributed by atoms with E-state index in [0.717, 1.165) is 19.3 Å². The number of hydrogen-bond acceptors (Lipinski definition) is 3. The summed E-state index contributed by atoms with van der Waals surface area (Å²) in [5.74, 6) is 0. The number of isocyanates is 1. The van der Waals surface area contributed by atoms with E-state index in [4.69, 9.17) is 4.79 Å². The molecule has 0 aromatic heterocycles. The Bertz CT molecular complexity index is 864. The average Bonchev–Trinajstić information content (AvgIpc) is 2.95. The molecule has 0 aliphatic heterocycles. The molecule has 1 atom stereocenters. The molecule has 0 bridgehead atoms. The highest BCUT2D eigenvalue weighted by molar-refractivity contribution is 5.62. The van der Waals surface area contributed by atoms with Gasteiger partial charge in [0, 0.05) is 6.54 Å². The Morgan fingerprint density at radius 2 is 1.29 bits per heavy atom. The molecule has 3 heteroatoms. The van der Waals surface area contributed by atoms with E-state index >= 15 is 0 Å². The minimum Gasteiger partial charge on any atom is -0.393 e. The number of hydrogen-bond donors (Lipinski definition) is 1. The lowest BCUT2D eigenvalue weighted by atomic mass is 9.87. The summed E-state index contributed by atoms with van der Waals surface area (Å²) in [6.45, 7) is 16.4. The summed E-state index contributed by atoms with van der Waals surface area (Å²) >= 11 is 0. The van der Waals surface area contributed by atoms with E-state index in [1.165, 1.54) is 33.9 Å². The summed E-state index contributed by atoms with van der Waals surface area (Å²) in [4.78, 5) is 12.3. The van der Waals surface area contributed by atoms with Crippen molar-refractivity contribution in [3.63, 3.8) is 0 Å². The van der Waals surface area contributed by atoms with Crippen molar-refractivity contribution in [1.29, 1.82) is 0 Å². The maximum atomic E-state index is 9.48. The highest BCUT2D eigenvalue weighted by Gasteiger charge is 2.16. The average molecular weight is 478 g/mol. The Morgan fingerprint density at radius 1 is 0.800 bits per heavy atom. The van der Waals surface area contributed by atoms with Crippen LogP contribution in [-0.4, -0.2) is 23.8 Å². The molecule has 3 nitrogen and oxygen atoms in total. The molecular weight excluding hydrogens is 430 g/mol. The second-order valence-corrected chi connectivity index (χ2v) is 6.91. The van der Waals surface area contributed by atoms with Crippen LogP contribution in [-0.2, 0) is 17.6 Å². The summed E-state index contributed by atoms with van der Waals surface area (Å²) < 4.78 is 0. The Kier molecular flexibility index (Phi) is 23.6. The van der Waals surface area contributed by atoms with Crippen molar-refractivity contribution in [1.82, 2.24) is 0 Å². The fourth-order valence-corrected chi connectivity index (χ4v) is 3.27. The third-order valence-corrected chi connectivity index (χ3v) is 4.80. The van der Waals surface area contributed by atoms with E-state index in [9.17, 15) is 5.11 Å². The van der Waals surface area contributed by atoms with Gasteiger partial charge in [0.25, 0.3) is 0 Å². The topological polar surface area (TPSA) is 49.7 Å². The van der Waals surface area contributed by atoms with E-state index in [-0.39, 0.29) is 6.10 Å². The molecule has 0 spiro atoms. The third kappa shape index (κ3) is 14.8. The highest BCUT2D eigenvalue weighted by atomic mass is 16.3. The first kappa shape index (κ1) is 34.2. The fraction of sp³-hybridized carbons (Fsp3) is 0.406. The number of benzene rings is 3. The number of carbonyl (C=O) groups excluding carboxylic acids is 1. The van der Waals surface area contributed by atoms with Crippen LogP contribution in [0.2, 0.25) is 0 Å². The van der Waals surface area contributed by atoms with Gasteiger partial charge < -0.3 is 5.11 Å². The predicted molar refractivity (Wildman–Crippen MR) is 154 cm³/mol. The molecule has 0 unspecified atom stereocenters. The van der Waals surface area contributed by atoms with Crippen LogP contribution < -0.4 is 0 Å². The van der Waals surface area contributed by atoms with Crippen LogP contribution in [0.4, 0.5) is 0 Å². The monoisotopic (exact) mass is 477 g/mol. The van der Waals surface area contributed by atoms with Gasteiger partial charge in [0.05, 0.1) is 6.10 Å². The summed E-state index contributed by atoms with van der Waals surface area (Å²) in [5, 5.41) is 9.48. The summed E-state index contributed by atoms with van der Waals surface area (Å²) in [7, 11) is 0. The predicted octanol–water partition coefficient (Wildman–Crippen LogP) is 8.62. The molecule has 0 saturated heterocycles. The molecule has 0 fully saturated rings. The third-order valence-electron chi connectivity index (χ3n) is 4.80. The number of nitrogens with zero attached hydrogens (tertiary/aromatic N) is 1. The Hall–Kier alpha value is -3.00. The number of aliphatic imine (C=N–C) groups is 1. The molecule has 0 radical (unpaired) electrons. The van der Waals surface area contributed by atoms with Crippen molar-refractivity contribution in [2.75, 3.05) is 6.54 Å². The standard InChI is InChI=1S/C12H10.C11H14O.C3H5NO.3C2H6/c1-3-7-11(8-4-1)12-9-5-2-6-10-12;1-8-3-2-4-9-5-6-10(12)7-11(8)9;1-2-4-3-5;3*1-2/h1-10H;2-4,10,12H,5-7H2,1H3;2H2,1H3;3*1-2H3/t;10-;;;;/m.1..../s1. The summed E-state index contributed by atoms with van der Waals surface area (Å²) in [6.07, 6.45) is 4.10. The van der Waals surface area contributed by atoms with E-state index < -0.39 is 0 Å². The lowest BCUT2D eigenvalue weighted by Gasteiger charge is -2.21. The number of aliphatic hydroxyl groups is 1. The summed E-state index contributed by atoms with van der Waals surface area (Å²) in [5.41, 5.74) is 6.68. The number of aryl methyl sites for hydroxylation is 2. The largest absolute Gasteiger partial charge is 0.393 e. The number of fused-ring (bicyclic) bond motifs is 1. The molecule has 4 rings (SSSR count). The zero-order chi connectivity index (χ0) is 26.9. The Balaban J connectivity index is 0. The minimum atomic E-state index is -0.112. The molecular formula is C32H47NO2. The maximum Gasteiger partial charge on any atom is 0.234 e. The molecule has 3 aromatic rings. The molecule has 3 aromatic carbocycles. The van der Waals surface area contributed by atoms with Gasteiger partial charge in [-0.1, -0.05) is 120 Å². The Morgan fingerprint density at radius 3 is 1.69 bits per heavy atom. The van der Waals surface area contributed by atoms with Gasteiger partial charge in [-0.25, -0.2) is 9.79 Å². The Labute approximate surface area is 215 Å². The van der Waals surface area contributed by atoms with Gasteiger partial charge in [-0.05, 0) is 60.9 Å². The van der Waals surface area contributed by atoms with Crippen molar-refractivity contribution < 1.29 is 9.90 Å². The first-order valence-electron chi connectivity index (χ1n) is 13.0. The SMILES string of the molecule is CC.CC.CC.CCN=C=O.Cc1cccc2c1C[C@H](O)CC2.c1ccc(-c2ccccc2)cc1. The van der Waals surface area contributed by atoms with Crippen molar-refractivity contribution in [2.24, 2.45) is 4.99 Å². The van der Waals surface area contributed by atoms with E-state index in [1.807, 2.05) is 53.7 Å². The fourth-order valence-electron chi connectivity index (χ4n) is 3.27. The first-order valence-corrected chi connectivity index (χ1v) is 13.0. The van der Waals surface area contributed by atoms with Crippen LogP contribution in [0, 0.1) is 6.92 Å². The lowest BCUT2D eigenvalue weighted by molar-refractivity contribution is 0.158. The van der Waals surface area contributed by atoms with Gasteiger partial charge in [-0.2, -0.15) is 0 Å². The molecule has 1 N–H and O–H groups in total. The quantitative estimate of drug-likeness (QED) is 0.297. The molecule has 0 heterocycles. The molecule has 0 saturated carbocycles. The number of rotatable bonds is 2. The van der Waals surface area contributed by atoms with E-state index in [1.54, 1.807) is 6.92 Å². The zero-order valence-corrected chi connectivity index (χ0v) is 23.2. The smallest absolute Gasteiger partial charge is 0.234 e. The van der Waals surface area contributed by atoms with Gasteiger partial charge >= 0.3 is 0 Å². The molecule has 192 valence electrons. The first-order chi connectivity index (χ1) is 17.2. The van der Waals surface area contributed by atoms with Crippen molar-refractivity contribution in [3.8, 4) is 11.1 Å².